The Morgan fingerprint density at radius 1 is 1.26 bits per heavy atom. The zero-order chi connectivity index (χ0) is 22.9. The molecule has 0 N–H and O–H groups in total. The second kappa shape index (κ2) is 8.75. The molecule has 9 heteroatoms. The maximum atomic E-state index is 13.9. The minimum absolute atomic E-state index is 0.0659. The van der Waals surface area contributed by atoms with E-state index in [9.17, 15) is 22.4 Å². The van der Waals surface area contributed by atoms with Crippen molar-refractivity contribution in [1.82, 2.24) is 4.90 Å². The molecule has 0 aromatic heterocycles. The van der Waals surface area contributed by atoms with Gasteiger partial charge in [-0.25, -0.2) is 4.39 Å². The quantitative estimate of drug-likeness (QED) is 0.571. The van der Waals surface area contributed by atoms with Crippen LogP contribution < -0.4 is 4.90 Å². The highest BCUT2D eigenvalue weighted by molar-refractivity contribution is 6.32. The lowest BCUT2D eigenvalue weighted by Crippen LogP contribution is -2.39. The second-order valence-corrected chi connectivity index (χ2v) is 8.11. The molecule has 1 aliphatic heterocycles. The fourth-order valence-corrected chi connectivity index (χ4v) is 3.99. The van der Waals surface area contributed by atoms with Crippen molar-refractivity contribution in [1.29, 1.82) is 5.26 Å². The van der Waals surface area contributed by atoms with E-state index in [4.69, 9.17) is 16.9 Å². The lowest BCUT2D eigenvalue weighted by atomic mass is 10.0. The summed E-state index contributed by atoms with van der Waals surface area (Å²) >= 11 is 6.15. The van der Waals surface area contributed by atoms with Crippen molar-refractivity contribution in [3.8, 4) is 6.07 Å². The van der Waals surface area contributed by atoms with Crippen LogP contribution in [0, 0.1) is 17.1 Å². The van der Waals surface area contributed by atoms with Gasteiger partial charge in [-0.1, -0.05) is 11.6 Å². The molecule has 2 aromatic carbocycles. The summed E-state index contributed by atoms with van der Waals surface area (Å²) in [5.74, 6) is -0.896. The van der Waals surface area contributed by atoms with Gasteiger partial charge < -0.3 is 9.80 Å². The highest BCUT2D eigenvalue weighted by atomic mass is 35.5. The number of carbonyl (C=O) groups excluding carboxylic acids is 1. The molecule has 0 saturated carbocycles. The Morgan fingerprint density at radius 2 is 1.97 bits per heavy atom. The molecule has 1 fully saturated rings. The lowest BCUT2D eigenvalue weighted by molar-refractivity contribution is -0.138. The number of nitriles is 1. The maximum absolute atomic E-state index is 13.9. The van der Waals surface area contributed by atoms with Crippen LogP contribution in [-0.2, 0) is 17.5 Å². The zero-order valence-corrected chi connectivity index (χ0v) is 17.6. The molecule has 3 rings (SSSR count). The predicted molar refractivity (Wildman–Crippen MR) is 109 cm³/mol. The first-order valence-electron chi connectivity index (χ1n) is 9.62. The SMILES string of the molecule is CC(C)N1C[C@@H](N(Cc2cc(F)ccc2C(F)(F)F)c2ccc(C#N)c(Cl)c2)CC1=O. The monoisotopic (exact) mass is 453 g/mol. The van der Waals surface area contributed by atoms with Crippen LogP contribution in [0.15, 0.2) is 36.4 Å². The summed E-state index contributed by atoms with van der Waals surface area (Å²) in [6.45, 7) is 3.75. The summed E-state index contributed by atoms with van der Waals surface area (Å²) in [5.41, 5.74) is -0.518. The summed E-state index contributed by atoms with van der Waals surface area (Å²) in [6, 6.07) is 8.30. The van der Waals surface area contributed by atoms with Crippen LogP contribution >= 0.6 is 11.6 Å². The van der Waals surface area contributed by atoms with Gasteiger partial charge in [0.1, 0.15) is 11.9 Å². The number of hydrogen-bond donors (Lipinski definition) is 0. The van der Waals surface area contributed by atoms with Crippen LogP contribution in [0.25, 0.3) is 0 Å². The number of rotatable bonds is 5. The van der Waals surface area contributed by atoms with E-state index in [1.54, 1.807) is 15.9 Å². The molecule has 4 nitrogen and oxygen atoms in total. The molecule has 2 aromatic rings. The summed E-state index contributed by atoms with van der Waals surface area (Å²) in [4.78, 5) is 15.7. The van der Waals surface area contributed by atoms with Gasteiger partial charge in [-0.15, -0.1) is 0 Å². The molecule has 31 heavy (non-hydrogen) atoms. The zero-order valence-electron chi connectivity index (χ0n) is 16.9. The van der Waals surface area contributed by atoms with Gasteiger partial charge in [0.25, 0.3) is 0 Å². The summed E-state index contributed by atoms with van der Waals surface area (Å²) in [5, 5.41) is 9.26. The van der Waals surface area contributed by atoms with Crippen LogP contribution in [0.1, 0.15) is 37.0 Å². The van der Waals surface area contributed by atoms with E-state index in [0.717, 1.165) is 18.2 Å². The largest absolute Gasteiger partial charge is 0.416 e. The minimum Gasteiger partial charge on any atom is -0.362 e. The fraction of sp³-hybridized carbons (Fsp3) is 0.364. The molecule has 0 bridgehead atoms. The molecule has 1 heterocycles. The third-order valence-corrected chi connectivity index (χ3v) is 5.63. The molecule has 1 amide bonds. The van der Waals surface area contributed by atoms with Gasteiger partial charge in [0.15, 0.2) is 0 Å². The molecule has 0 unspecified atom stereocenters. The van der Waals surface area contributed by atoms with E-state index in [1.165, 1.54) is 12.1 Å². The lowest BCUT2D eigenvalue weighted by Gasteiger charge is -2.32. The summed E-state index contributed by atoms with van der Waals surface area (Å²) < 4.78 is 54.5. The number of halogens is 5. The van der Waals surface area contributed by atoms with E-state index in [2.05, 4.69) is 0 Å². The Bertz CT molecular complexity index is 1030. The van der Waals surface area contributed by atoms with Gasteiger partial charge in [-0.2, -0.15) is 18.4 Å². The third-order valence-electron chi connectivity index (χ3n) is 5.32. The highest BCUT2D eigenvalue weighted by Crippen LogP contribution is 2.36. The van der Waals surface area contributed by atoms with Crippen LogP contribution in [0.4, 0.5) is 23.2 Å². The van der Waals surface area contributed by atoms with Gasteiger partial charge in [-0.05, 0) is 55.8 Å². The van der Waals surface area contributed by atoms with Gasteiger partial charge in [0.2, 0.25) is 5.91 Å². The number of nitrogens with zero attached hydrogens (tertiary/aromatic N) is 3. The van der Waals surface area contributed by atoms with Crippen molar-refractivity contribution >= 4 is 23.2 Å². The van der Waals surface area contributed by atoms with Crippen LogP contribution in [0.2, 0.25) is 5.02 Å². The van der Waals surface area contributed by atoms with Crippen molar-refractivity contribution in [3.05, 3.63) is 63.9 Å². The van der Waals surface area contributed by atoms with Crippen molar-refractivity contribution in [2.24, 2.45) is 0 Å². The minimum atomic E-state index is -4.66. The number of alkyl halides is 3. The number of anilines is 1. The number of amides is 1. The van der Waals surface area contributed by atoms with Crippen molar-refractivity contribution in [2.45, 2.75) is 45.1 Å². The second-order valence-electron chi connectivity index (χ2n) is 7.70. The van der Waals surface area contributed by atoms with Crippen molar-refractivity contribution < 1.29 is 22.4 Å². The van der Waals surface area contributed by atoms with Crippen molar-refractivity contribution in [2.75, 3.05) is 11.4 Å². The Labute approximate surface area is 182 Å². The Balaban J connectivity index is 2.06. The highest BCUT2D eigenvalue weighted by Gasteiger charge is 2.38. The molecule has 1 saturated heterocycles. The average molecular weight is 454 g/mol. The predicted octanol–water partition coefficient (Wildman–Crippen LogP) is 5.39. The number of benzene rings is 2. The Kier molecular flexibility index (Phi) is 6.46. The van der Waals surface area contributed by atoms with Crippen LogP contribution in [0.3, 0.4) is 0 Å². The molecular formula is C22H20ClF4N3O. The van der Waals surface area contributed by atoms with E-state index in [0.29, 0.717) is 12.2 Å². The van der Waals surface area contributed by atoms with Gasteiger partial charge in [0.05, 0.1) is 22.2 Å². The van der Waals surface area contributed by atoms with Crippen LogP contribution in [0.5, 0.6) is 0 Å². The first-order chi connectivity index (χ1) is 14.5. The molecule has 0 radical (unpaired) electrons. The van der Waals surface area contributed by atoms with E-state index < -0.39 is 23.6 Å². The molecule has 1 atom stereocenters. The topological polar surface area (TPSA) is 47.3 Å². The van der Waals surface area contributed by atoms with Crippen molar-refractivity contribution in [3.63, 3.8) is 0 Å². The number of carbonyl (C=O) groups is 1. The van der Waals surface area contributed by atoms with Gasteiger partial charge >= 0.3 is 6.18 Å². The average Bonchev–Trinajstić information content (AvgIpc) is 3.06. The normalized spacial score (nSPS) is 16.7. The smallest absolute Gasteiger partial charge is 0.362 e. The first-order valence-corrected chi connectivity index (χ1v) is 10.0. The molecular weight excluding hydrogens is 434 g/mol. The summed E-state index contributed by atoms with van der Waals surface area (Å²) in [6.07, 6.45) is -4.56. The van der Waals surface area contributed by atoms with E-state index >= 15 is 0 Å². The first kappa shape index (κ1) is 22.9. The summed E-state index contributed by atoms with van der Waals surface area (Å²) in [7, 11) is 0. The molecule has 0 aliphatic carbocycles. The van der Waals surface area contributed by atoms with Gasteiger partial charge in [-0.3, -0.25) is 4.79 Å². The Hall–Kier alpha value is -2.79. The van der Waals surface area contributed by atoms with E-state index in [1.807, 2.05) is 19.9 Å². The standard InChI is InChI=1S/C22H20ClF4N3O/c1-13(2)29-12-18(9-21(29)31)30(17-5-3-14(10-28)20(23)8-17)11-15-7-16(24)4-6-19(15)22(25,26)27/h3-8,13,18H,9,11-12H2,1-2H3/t18-/m0/s1. The fourth-order valence-electron chi connectivity index (χ4n) is 3.78. The Morgan fingerprint density at radius 3 is 2.52 bits per heavy atom. The third kappa shape index (κ3) is 4.93. The number of hydrogen-bond acceptors (Lipinski definition) is 3. The number of likely N-dealkylation sites (tertiary alicyclic amines) is 1. The molecule has 164 valence electrons. The molecule has 0 spiro atoms. The van der Waals surface area contributed by atoms with Crippen LogP contribution in [-0.4, -0.2) is 29.4 Å². The molecule has 1 aliphatic rings. The van der Waals surface area contributed by atoms with E-state index in [-0.39, 0.29) is 41.1 Å². The van der Waals surface area contributed by atoms with Gasteiger partial charge in [0, 0.05) is 31.2 Å². The maximum Gasteiger partial charge on any atom is 0.416 e.